The van der Waals surface area contributed by atoms with Crippen molar-refractivity contribution >= 4 is 0 Å². The van der Waals surface area contributed by atoms with E-state index in [-0.39, 0.29) is 5.82 Å². The van der Waals surface area contributed by atoms with E-state index in [2.05, 4.69) is 10.2 Å². The lowest BCUT2D eigenvalue weighted by molar-refractivity contribution is 0.172. The molecule has 2 rings (SSSR count). The third-order valence-corrected chi connectivity index (χ3v) is 2.55. The third-order valence-electron chi connectivity index (χ3n) is 2.55. The van der Waals surface area contributed by atoms with Crippen molar-refractivity contribution in [1.29, 1.82) is 0 Å². The van der Waals surface area contributed by atoms with Gasteiger partial charge in [0.25, 0.3) is 0 Å². The summed E-state index contributed by atoms with van der Waals surface area (Å²) in [6.45, 7) is 0. The summed E-state index contributed by atoms with van der Waals surface area (Å²) in [6.07, 6.45) is -0.407. The molecule has 94 valence electrons. The number of rotatable bonds is 4. The second-order valence-corrected chi connectivity index (χ2v) is 3.85. The SMILES string of the molecule is COc1ccc(C(O)Cc2ccc(F)cc2)nn1. The minimum absolute atomic E-state index is 0.294. The van der Waals surface area contributed by atoms with Crippen LogP contribution in [0.1, 0.15) is 17.4 Å². The number of aliphatic hydroxyl groups is 1. The highest BCUT2D eigenvalue weighted by atomic mass is 19.1. The summed E-state index contributed by atoms with van der Waals surface area (Å²) in [5, 5.41) is 17.6. The standard InChI is InChI=1S/C13H13FN2O2/c1-18-13-7-6-11(15-16-13)12(17)8-9-2-4-10(14)5-3-9/h2-7,12,17H,8H2,1H3. The molecular weight excluding hydrogens is 235 g/mol. The molecule has 1 unspecified atom stereocenters. The molecule has 0 radical (unpaired) electrons. The Morgan fingerprint density at radius 2 is 1.89 bits per heavy atom. The number of aliphatic hydroxyl groups excluding tert-OH is 1. The molecule has 0 saturated carbocycles. The Kier molecular flexibility index (Phi) is 3.84. The van der Waals surface area contributed by atoms with Crippen molar-refractivity contribution in [1.82, 2.24) is 10.2 Å². The first-order valence-corrected chi connectivity index (χ1v) is 5.49. The zero-order valence-electron chi connectivity index (χ0n) is 9.88. The van der Waals surface area contributed by atoms with E-state index in [1.165, 1.54) is 19.2 Å². The van der Waals surface area contributed by atoms with Crippen LogP contribution in [0, 0.1) is 5.82 Å². The van der Waals surface area contributed by atoms with E-state index in [0.29, 0.717) is 18.0 Å². The zero-order valence-corrected chi connectivity index (χ0v) is 9.88. The van der Waals surface area contributed by atoms with Gasteiger partial charge < -0.3 is 9.84 Å². The fourth-order valence-corrected chi connectivity index (χ4v) is 1.57. The Morgan fingerprint density at radius 1 is 1.17 bits per heavy atom. The van der Waals surface area contributed by atoms with E-state index in [0.717, 1.165) is 5.56 Å². The van der Waals surface area contributed by atoms with E-state index in [1.54, 1.807) is 24.3 Å². The fourth-order valence-electron chi connectivity index (χ4n) is 1.57. The highest BCUT2D eigenvalue weighted by molar-refractivity contribution is 5.20. The molecular formula is C13H13FN2O2. The molecule has 0 amide bonds. The molecule has 1 aromatic carbocycles. The average molecular weight is 248 g/mol. The molecule has 18 heavy (non-hydrogen) atoms. The first kappa shape index (κ1) is 12.4. The van der Waals surface area contributed by atoms with Crippen LogP contribution in [0.4, 0.5) is 4.39 Å². The fraction of sp³-hybridized carbons (Fsp3) is 0.231. The number of benzene rings is 1. The average Bonchev–Trinajstić information content (AvgIpc) is 2.41. The van der Waals surface area contributed by atoms with Gasteiger partial charge in [-0.15, -0.1) is 10.2 Å². The Bertz CT molecular complexity index is 499. The number of nitrogens with zero attached hydrogens (tertiary/aromatic N) is 2. The van der Waals surface area contributed by atoms with Crippen molar-refractivity contribution < 1.29 is 14.2 Å². The molecule has 0 aliphatic heterocycles. The molecule has 0 saturated heterocycles. The van der Waals surface area contributed by atoms with Crippen molar-refractivity contribution in [2.24, 2.45) is 0 Å². The molecule has 0 aliphatic rings. The Hall–Kier alpha value is -2.01. The van der Waals surface area contributed by atoms with E-state index < -0.39 is 6.10 Å². The van der Waals surface area contributed by atoms with Crippen LogP contribution in [0.5, 0.6) is 5.88 Å². The summed E-state index contributed by atoms with van der Waals surface area (Å²) in [6, 6.07) is 9.28. The predicted molar refractivity (Wildman–Crippen MR) is 63.6 cm³/mol. The van der Waals surface area contributed by atoms with E-state index in [4.69, 9.17) is 4.74 Å². The molecule has 1 aromatic heterocycles. The molecule has 0 aliphatic carbocycles. The van der Waals surface area contributed by atoms with Crippen LogP contribution >= 0.6 is 0 Å². The monoisotopic (exact) mass is 248 g/mol. The molecule has 2 aromatic rings. The van der Waals surface area contributed by atoms with Gasteiger partial charge in [-0.05, 0) is 23.8 Å². The molecule has 0 spiro atoms. The normalized spacial score (nSPS) is 12.2. The summed E-state index contributed by atoms with van der Waals surface area (Å²) in [5.74, 6) is 0.102. The van der Waals surface area contributed by atoms with E-state index in [9.17, 15) is 9.50 Å². The topological polar surface area (TPSA) is 55.2 Å². The van der Waals surface area contributed by atoms with Gasteiger partial charge in [0.05, 0.1) is 12.8 Å². The number of hydrogen-bond acceptors (Lipinski definition) is 4. The highest BCUT2D eigenvalue weighted by Gasteiger charge is 2.11. The third kappa shape index (κ3) is 3.01. The summed E-state index contributed by atoms with van der Waals surface area (Å²) < 4.78 is 17.6. The van der Waals surface area contributed by atoms with E-state index in [1.807, 2.05) is 0 Å². The van der Waals surface area contributed by atoms with Crippen LogP contribution in [0.15, 0.2) is 36.4 Å². The van der Waals surface area contributed by atoms with Crippen molar-refractivity contribution in [2.45, 2.75) is 12.5 Å². The quantitative estimate of drug-likeness (QED) is 0.897. The van der Waals surface area contributed by atoms with Crippen LogP contribution in [0.2, 0.25) is 0 Å². The first-order chi connectivity index (χ1) is 8.69. The molecule has 5 heteroatoms. The van der Waals surface area contributed by atoms with Gasteiger partial charge in [0.2, 0.25) is 5.88 Å². The lowest BCUT2D eigenvalue weighted by Gasteiger charge is -2.09. The molecule has 0 bridgehead atoms. The van der Waals surface area contributed by atoms with Crippen molar-refractivity contribution in [3.05, 3.63) is 53.5 Å². The summed E-state index contributed by atoms with van der Waals surface area (Å²) in [7, 11) is 1.50. The molecule has 1 N–H and O–H groups in total. The van der Waals surface area contributed by atoms with Crippen LogP contribution in [0.3, 0.4) is 0 Å². The van der Waals surface area contributed by atoms with Gasteiger partial charge in [-0.2, -0.15) is 0 Å². The summed E-state index contributed by atoms with van der Waals surface area (Å²) in [4.78, 5) is 0. The molecule has 0 fully saturated rings. The van der Waals surface area contributed by atoms with Gasteiger partial charge in [0, 0.05) is 12.5 Å². The number of aromatic nitrogens is 2. The van der Waals surface area contributed by atoms with Gasteiger partial charge >= 0.3 is 0 Å². The predicted octanol–water partition coefficient (Wildman–Crippen LogP) is 1.90. The van der Waals surface area contributed by atoms with Gasteiger partial charge in [-0.3, -0.25) is 0 Å². The van der Waals surface area contributed by atoms with Gasteiger partial charge in [-0.25, -0.2) is 4.39 Å². The van der Waals surface area contributed by atoms with Gasteiger partial charge in [0.15, 0.2) is 0 Å². The lowest BCUT2D eigenvalue weighted by atomic mass is 10.1. The summed E-state index contributed by atoms with van der Waals surface area (Å²) >= 11 is 0. The largest absolute Gasteiger partial charge is 0.480 e. The van der Waals surface area contributed by atoms with Crippen molar-refractivity contribution in [2.75, 3.05) is 7.11 Å². The Morgan fingerprint density at radius 3 is 2.44 bits per heavy atom. The maximum atomic E-state index is 12.7. The van der Waals surface area contributed by atoms with E-state index >= 15 is 0 Å². The van der Waals surface area contributed by atoms with Crippen LogP contribution in [-0.2, 0) is 6.42 Å². The van der Waals surface area contributed by atoms with Crippen LogP contribution in [-0.4, -0.2) is 22.4 Å². The second-order valence-electron chi connectivity index (χ2n) is 3.85. The summed E-state index contributed by atoms with van der Waals surface area (Å²) in [5.41, 5.74) is 1.29. The van der Waals surface area contributed by atoms with Gasteiger partial charge in [0.1, 0.15) is 11.9 Å². The molecule has 1 heterocycles. The van der Waals surface area contributed by atoms with Gasteiger partial charge in [-0.1, -0.05) is 12.1 Å². The minimum atomic E-state index is -0.770. The van der Waals surface area contributed by atoms with Crippen LogP contribution < -0.4 is 4.74 Å². The maximum absolute atomic E-state index is 12.7. The van der Waals surface area contributed by atoms with Crippen molar-refractivity contribution in [3.8, 4) is 5.88 Å². The first-order valence-electron chi connectivity index (χ1n) is 5.49. The minimum Gasteiger partial charge on any atom is -0.480 e. The molecule has 1 atom stereocenters. The number of methoxy groups -OCH3 is 1. The lowest BCUT2D eigenvalue weighted by Crippen LogP contribution is -2.05. The Labute approximate surface area is 104 Å². The number of hydrogen-bond donors (Lipinski definition) is 1. The van der Waals surface area contributed by atoms with Crippen molar-refractivity contribution in [3.63, 3.8) is 0 Å². The number of ether oxygens (including phenoxy) is 1. The second kappa shape index (κ2) is 5.55. The highest BCUT2D eigenvalue weighted by Crippen LogP contribution is 2.17. The molecule has 4 nitrogen and oxygen atoms in total. The smallest absolute Gasteiger partial charge is 0.233 e. The zero-order chi connectivity index (χ0) is 13.0. The number of halogens is 1. The Balaban J connectivity index is 2.06. The maximum Gasteiger partial charge on any atom is 0.233 e. The van der Waals surface area contributed by atoms with Crippen LogP contribution in [0.25, 0.3) is 0 Å².